The number of urea groups is 1. The molecule has 0 unspecified atom stereocenters. The Bertz CT molecular complexity index is 721. The first-order valence-corrected chi connectivity index (χ1v) is 7.06. The van der Waals surface area contributed by atoms with Crippen molar-refractivity contribution in [2.24, 2.45) is 0 Å². The second kappa shape index (κ2) is 6.50. The molecule has 122 valence electrons. The van der Waals surface area contributed by atoms with E-state index in [0.717, 1.165) is 23.3 Å². The maximum atomic E-state index is 12.7. The number of nitrogens with one attached hydrogen (secondary N) is 2. The van der Waals surface area contributed by atoms with Crippen LogP contribution in [0.2, 0.25) is 5.02 Å². The molecule has 0 atom stereocenters. The molecule has 0 aromatic heterocycles. The summed E-state index contributed by atoms with van der Waals surface area (Å²) in [5, 5.41) is 5.56. The minimum atomic E-state index is -4.46. The number of carbonyl (C=O) groups is 1. The van der Waals surface area contributed by atoms with Crippen molar-refractivity contribution in [3.05, 3.63) is 58.1 Å². The highest BCUT2D eigenvalue weighted by molar-refractivity contribution is 6.30. The number of alkyl halides is 3. The van der Waals surface area contributed by atoms with Crippen molar-refractivity contribution >= 4 is 29.0 Å². The molecular formula is C16H14ClF3N2O. The van der Waals surface area contributed by atoms with Crippen molar-refractivity contribution in [1.29, 1.82) is 0 Å². The van der Waals surface area contributed by atoms with Gasteiger partial charge in [0.15, 0.2) is 0 Å². The Morgan fingerprint density at radius 2 is 1.65 bits per heavy atom. The Morgan fingerprint density at radius 3 is 2.22 bits per heavy atom. The zero-order chi connectivity index (χ0) is 17.2. The normalized spacial score (nSPS) is 11.2. The summed E-state index contributed by atoms with van der Waals surface area (Å²) in [6.45, 7) is 3.55. The van der Waals surface area contributed by atoms with Crippen LogP contribution in [0.25, 0.3) is 0 Å². The molecule has 0 saturated heterocycles. The van der Waals surface area contributed by atoms with Crippen LogP contribution in [-0.2, 0) is 6.18 Å². The molecule has 2 aromatic rings. The summed E-state index contributed by atoms with van der Waals surface area (Å²) in [4.78, 5) is 12.0. The van der Waals surface area contributed by atoms with Gasteiger partial charge >= 0.3 is 12.2 Å². The molecule has 2 N–H and O–H groups in total. The van der Waals surface area contributed by atoms with E-state index in [1.807, 2.05) is 0 Å². The van der Waals surface area contributed by atoms with Crippen molar-refractivity contribution in [2.45, 2.75) is 20.0 Å². The van der Waals surface area contributed by atoms with Gasteiger partial charge in [-0.05, 0) is 55.3 Å². The van der Waals surface area contributed by atoms with Crippen molar-refractivity contribution in [1.82, 2.24) is 0 Å². The molecule has 0 aliphatic heterocycles. The second-order valence-corrected chi connectivity index (χ2v) is 5.51. The molecule has 2 rings (SSSR count). The highest BCUT2D eigenvalue weighted by Gasteiger charge is 2.30. The van der Waals surface area contributed by atoms with Crippen LogP contribution in [0.5, 0.6) is 0 Å². The summed E-state index contributed by atoms with van der Waals surface area (Å²) >= 11 is 5.91. The number of hydrogen-bond acceptors (Lipinski definition) is 1. The van der Waals surface area contributed by atoms with E-state index in [-0.39, 0.29) is 5.69 Å². The average molecular weight is 343 g/mol. The summed E-state index contributed by atoms with van der Waals surface area (Å²) < 4.78 is 38.0. The molecule has 23 heavy (non-hydrogen) atoms. The molecule has 7 heteroatoms. The maximum Gasteiger partial charge on any atom is 0.416 e. The lowest BCUT2D eigenvalue weighted by atomic mass is 10.1. The molecule has 0 saturated carbocycles. The molecule has 0 heterocycles. The topological polar surface area (TPSA) is 41.1 Å². The first kappa shape index (κ1) is 17.1. The number of aryl methyl sites for hydroxylation is 2. The SMILES string of the molecule is Cc1cc(Cl)cc(C)c1NC(=O)Nc1cccc(C(F)(F)F)c1. The van der Waals surface area contributed by atoms with Crippen molar-refractivity contribution < 1.29 is 18.0 Å². The summed E-state index contributed by atoms with van der Waals surface area (Å²) in [5.41, 5.74) is 1.32. The minimum Gasteiger partial charge on any atom is -0.308 e. The van der Waals surface area contributed by atoms with E-state index >= 15 is 0 Å². The fourth-order valence-electron chi connectivity index (χ4n) is 2.16. The minimum absolute atomic E-state index is 0.0570. The third-order valence-electron chi connectivity index (χ3n) is 3.18. The van der Waals surface area contributed by atoms with Crippen LogP contribution < -0.4 is 10.6 Å². The summed E-state index contributed by atoms with van der Waals surface area (Å²) in [5.74, 6) is 0. The van der Waals surface area contributed by atoms with Gasteiger partial charge in [0.2, 0.25) is 0 Å². The predicted octanol–water partition coefficient (Wildman–Crippen LogP) is 5.62. The number of halogens is 4. The van der Waals surface area contributed by atoms with Crippen molar-refractivity contribution in [2.75, 3.05) is 10.6 Å². The quantitative estimate of drug-likeness (QED) is 0.730. The van der Waals surface area contributed by atoms with E-state index in [1.54, 1.807) is 26.0 Å². The highest BCUT2D eigenvalue weighted by Crippen LogP contribution is 2.31. The van der Waals surface area contributed by atoms with E-state index in [9.17, 15) is 18.0 Å². The van der Waals surface area contributed by atoms with Crippen LogP contribution >= 0.6 is 11.6 Å². The maximum absolute atomic E-state index is 12.7. The Labute approximate surface area is 136 Å². The molecule has 0 aliphatic rings. The van der Waals surface area contributed by atoms with E-state index in [4.69, 9.17) is 11.6 Å². The van der Waals surface area contributed by atoms with Gasteiger partial charge in [0.1, 0.15) is 0 Å². The molecule has 0 fully saturated rings. The van der Waals surface area contributed by atoms with Gasteiger partial charge in [0.05, 0.1) is 5.56 Å². The second-order valence-electron chi connectivity index (χ2n) is 5.07. The lowest BCUT2D eigenvalue weighted by Gasteiger charge is -2.14. The molecule has 0 aliphatic carbocycles. The predicted molar refractivity (Wildman–Crippen MR) is 85.0 cm³/mol. The molecule has 0 spiro atoms. The number of rotatable bonds is 2. The fourth-order valence-corrected chi connectivity index (χ4v) is 2.48. The van der Waals surface area contributed by atoms with Crippen molar-refractivity contribution in [3.8, 4) is 0 Å². The van der Waals surface area contributed by atoms with E-state index < -0.39 is 17.8 Å². The van der Waals surface area contributed by atoms with Crippen LogP contribution in [0, 0.1) is 13.8 Å². The first-order valence-electron chi connectivity index (χ1n) is 6.69. The zero-order valence-electron chi connectivity index (χ0n) is 12.4. The van der Waals surface area contributed by atoms with Crippen LogP contribution in [0.1, 0.15) is 16.7 Å². The molecular weight excluding hydrogens is 329 g/mol. The average Bonchev–Trinajstić information content (AvgIpc) is 2.42. The number of amides is 2. The lowest BCUT2D eigenvalue weighted by Crippen LogP contribution is -2.21. The van der Waals surface area contributed by atoms with Gasteiger partial charge in [0.25, 0.3) is 0 Å². The monoisotopic (exact) mass is 342 g/mol. The van der Waals surface area contributed by atoms with Gasteiger partial charge in [-0.15, -0.1) is 0 Å². The number of benzene rings is 2. The van der Waals surface area contributed by atoms with Crippen LogP contribution in [0.15, 0.2) is 36.4 Å². The largest absolute Gasteiger partial charge is 0.416 e. The fraction of sp³-hybridized carbons (Fsp3) is 0.188. The van der Waals surface area contributed by atoms with Gasteiger partial charge in [-0.3, -0.25) is 0 Å². The standard InChI is InChI=1S/C16H14ClF3N2O/c1-9-6-12(17)7-10(2)14(9)22-15(23)21-13-5-3-4-11(8-13)16(18,19)20/h3-8H,1-2H3,(H2,21,22,23). The number of hydrogen-bond donors (Lipinski definition) is 2. The van der Waals surface area contributed by atoms with Gasteiger partial charge < -0.3 is 10.6 Å². The first-order chi connectivity index (χ1) is 10.7. The Hall–Kier alpha value is -2.21. The number of carbonyl (C=O) groups excluding carboxylic acids is 1. The Morgan fingerprint density at radius 1 is 1.04 bits per heavy atom. The van der Waals surface area contributed by atoms with E-state index in [0.29, 0.717) is 10.7 Å². The Kier molecular flexibility index (Phi) is 4.85. The number of anilines is 2. The van der Waals surface area contributed by atoms with Crippen LogP contribution in [-0.4, -0.2) is 6.03 Å². The van der Waals surface area contributed by atoms with Crippen molar-refractivity contribution in [3.63, 3.8) is 0 Å². The van der Waals surface area contributed by atoms with Gasteiger partial charge in [-0.2, -0.15) is 13.2 Å². The van der Waals surface area contributed by atoms with Gasteiger partial charge in [-0.25, -0.2) is 4.79 Å². The lowest BCUT2D eigenvalue weighted by molar-refractivity contribution is -0.137. The van der Waals surface area contributed by atoms with Gasteiger partial charge in [0, 0.05) is 16.4 Å². The van der Waals surface area contributed by atoms with Crippen LogP contribution in [0.4, 0.5) is 29.3 Å². The smallest absolute Gasteiger partial charge is 0.308 e. The van der Waals surface area contributed by atoms with Crippen LogP contribution in [0.3, 0.4) is 0 Å². The summed E-state index contributed by atoms with van der Waals surface area (Å²) in [6, 6.07) is 7.19. The van der Waals surface area contributed by atoms with E-state index in [2.05, 4.69) is 10.6 Å². The molecule has 0 radical (unpaired) electrons. The van der Waals surface area contributed by atoms with Gasteiger partial charge in [-0.1, -0.05) is 17.7 Å². The van der Waals surface area contributed by atoms with E-state index in [1.165, 1.54) is 12.1 Å². The molecule has 2 aromatic carbocycles. The third kappa shape index (κ3) is 4.39. The Balaban J connectivity index is 2.15. The highest BCUT2D eigenvalue weighted by atomic mass is 35.5. The molecule has 2 amide bonds. The molecule has 0 bridgehead atoms. The molecule has 3 nitrogen and oxygen atoms in total. The summed E-state index contributed by atoms with van der Waals surface area (Å²) in [7, 11) is 0. The summed E-state index contributed by atoms with van der Waals surface area (Å²) in [6.07, 6.45) is -4.46. The third-order valence-corrected chi connectivity index (χ3v) is 3.40. The zero-order valence-corrected chi connectivity index (χ0v) is 13.1.